The number of phenolic OH excluding ortho intramolecular Hbond substituents is 1. The third kappa shape index (κ3) is 5.14. The number of benzene rings is 3. The van der Waals surface area contributed by atoms with Crippen LogP contribution < -0.4 is 10.7 Å². The summed E-state index contributed by atoms with van der Waals surface area (Å²) in [5, 5.41) is 24.1. The van der Waals surface area contributed by atoms with Crippen LogP contribution in [0.25, 0.3) is 6.08 Å². The van der Waals surface area contributed by atoms with Gasteiger partial charge in [0.25, 0.3) is 11.6 Å². The maximum atomic E-state index is 13.1. The van der Waals surface area contributed by atoms with Gasteiger partial charge in [-0.3, -0.25) is 19.7 Å². The van der Waals surface area contributed by atoms with Gasteiger partial charge in [-0.2, -0.15) is 0 Å². The van der Waals surface area contributed by atoms with Crippen molar-refractivity contribution in [2.24, 2.45) is 4.99 Å². The normalized spacial score (nSPS) is 14.2. The Morgan fingerprint density at radius 1 is 1.03 bits per heavy atom. The fourth-order valence-electron chi connectivity index (χ4n) is 3.20. The summed E-state index contributed by atoms with van der Waals surface area (Å²) in [7, 11) is 0. The summed E-state index contributed by atoms with van der Waals surface area (Å²) in [5.74, 6) is -0.463. The number of nitro benzene ring substituents is 1. The van der Waals surface area contributed by atoms with E-state index in [0.29, 0.717) is 22.6 Å². The summed E-state index contributed by atoms with van der Waals surface area (Å²) >= 11 is 0. The molecule has 0 saturated carbocycles. The Morgan fingerprint density at radius 3 is 2.35 bits per heavy atom. The first-order chi connectivity index (χ1) is 16.4. The average Bonchev–Trinajstić information content (AvgIpc) is 3.15. The minimum atomic E-state index is -0.528. The summed E-state index contributed by atoms with van der Waals surface area (Å²) in [6, 6.07) is 20.8. The zero-order valence-electron chi connectivity index (χ0n) is 17.7. The number of amidine groups is 1. The van der Waals surface area contributed by atoms with Gasteiger partial charge in [-0.15, -0.1) is 0 Å². The quantitative estimate of drug-likeness (QED) is 0.283. The van der Waals surface area contributed by atoms with Gasteiger partial charge in [-0.05, 0) is 35.9 Å². The SMILES string of the molecule is O=C(CNN1C(=O)/C(=C/c2ccc(O)cc2)N=C1c1ccccc1)Nc1ccc([N+](=O)[O-])cc1. The van der Waals surface area contributed by atoms with Crippen LogP contribution in [-0.2, 0) is 9.59 Å². The van der Waals surface area contributed by atoms with Crippen molar-refractivity contribution in [2.75, 3.05) is 11.9 Å². The number of nitro groups is 1. The topological polar surface area (TPSA) is 137 Å². The number of rotatable bonds is 7. The van der Waals surface area contributed by atoms with E-state index in [9.17, 15) is 24.8 Å². The van der Waals surface area contributed by atoms with Gasteiger partial charge >= 0.3 is 0 Å². The Hall–Kier alpha value is -4.83. The number of nitrogens with zero attached hydrogens (tertiary/aromatic N) is 3. The molecule has 0 spiro atoms. The van der Waals surface area contributed by atoms with E-state index in [2.05, 4.69) is 15.7 Å². The van der Waals surface area contributed by atoms with Crippen LogP contribution in [-0.4, -0.2) is 39.2 Å². The lowest BCUT2D eigenvalue weighted by molar-refractivity contribution is -0.384. The van der Waals surface area contributed by atoms with Crippen molar-refractivity contribution in [3.05, 3.63) is 106 Å². The van der Waals surface area contributed by atoms with Gasteiger partial charge in [0.15, 0.2) is 5.84 Å². The second-order valence-corrected chi connectivity index (χ2v) is 7.25. The summed E-state index contributed by atoms with van der Waals surface area (Å²) in [4.78, 5) is 40.2. The number of non-ortho nitro benzene ring substituents is 1. The van der Waals surface area contributed by atoms with Gasteiger partial charge in [0.05, 0.1) is 11.5 Å². The van der Waals surface area contributed by atoms with E-state index in [1.165, 1.54) is 41.4 Å². The standard InChI is InChI=1S/C24H19N5O5/c30-20-12-6-16(7-13-20)14-21-24(32)28(23(27-21)17-4-2-1-3-5-17)25-15-22(31)26-18-8-10-19(11-9-18)29(33)34/h1-14,25,30H,15H2,(H,26,31)/b21-14-. The number of anilines is 1. The molecule has 3 aromatic carbocycles. The van der Waals surface area contributed by atoms with E-state index in [0.717, 1.165) is 0 Å². The number of aromatic hydroxyl groups is 1. The Balaban J connectivity index is 1.50. The molecule has 4 rings (SSSR count). The smallest absolute Gasteiger partial charge is 0.292 e. The summed E-state index contributed by atoms with van der Waals surface area (Å²) in [5.41, 5.74) is 4.61. The molecule has 2 amide bonds. The predicted octanol–water partition coefficient (Wildman–Crippen LogP) is 3.07. The highest BCUT2D eigenvalue weighted by molar-refractivity contribution is 6.19. The van der Waals surface area contributed by atoms with E-state index in [1.807, 2.05) is 18.2 Å². The van der Waals surface area contributed by atoms with E-state index in [4.69, 9.17) is 0 Å². The van der Waals surface area contributed by atoms with Crippen molar-refractivity contribution in [3.8, 4) is 5.75 Å². The van der Waals surface area contributed by atoms with E-state index in [-0.39, 0.29) is 23.7 Å². The number of phenols is 1. The van der Waals surface area contributed by atoms with Crippen LogP contribution in [0.15, 0.2) is 89.6 Å². The molecule has 0 aromatic heterocycles. The third-order valence-corrected chi connectivity index (χ3v) is 4.85. The zero-order valence-corrected chi connectivity index (χ0v) is 17.7. The maximum Gasteiger partial charge on any atom is 0.292 e. The fraction of sp³-hybridized carbons (Fsp3) is 0.0417. The van der Waals surface area contributed by atoms with Crippen molar-refractivity contribution in [2.45, 2.75) is 0 Å². The van der Waals surface area contributed by atoms with Crippen molar-refractivity contribution in [3.63, 3.8) is 0 Å². The lowest BCUT2D eigenvalue weighted by atomic mass is 10.2. The molecule has 10 heteroatoms. The van der Waals surface area contributed by atoms with Crippen LogP contribution in [0, 0.1) is 10.1 Å². The van der Waals surface area contributed by atoms with Gasteiger partial charge in [0.2, 0.25) is 5.91 Å². The van der Waals surface area contributed by atoms with Crippen molar-refractivity contribution >= 4 is 35.1 Å². The van der Waals surface area contributed by atoms with Crippen LogP contribution in [0.5, 0.6) is 5.75 Å². The molecule has 0 saturated heterocycles. The minimum absolute atomic E-state index is 0.0875. The molecule has 10 nitrogen and oxygen atoms in total. The van der Waals surface area contributed by atoms with Crippen LogP contribution in [0.2, 0.25) is 0 Å². The van der Waals surface area contributed by atoms with Crippen molar-refractivity contribution in [1.82, 2.24) is 10.4 Å². The lowest BCUT2D eigenvalue weighted by Gasteiger charge is -2.19. The molecular weight excluding hydrogens is 438 g/mol. The molecule has 170 valence electrons. The fourth-order valence-corrected chi connectivity index (χ4v) is 3.20. The second-order valence-electron chi connectivity index (χ2n) is 7.25. The van der Waals surface area contributed by atoms with Gasteiger partial charge in [-0.1, -0.05) is 42.5 Å². The van der Waals surface area contributed by atoms with E-state index >= 15 is 0 Å². The second kappa shape index (κ2) is 9.76. The Bertz CT molecular complexity index is 1290. The van der Waals surface area contributed by atoms with Gasteiger partial charge in [0.1, 0.15) is 11.4 Å². The average molecular weight is 457 g/mol. The largest absolute Gasteiger partial charge is 0.508 e. The molecular formula is C24H19N5O5. The summed E-state index contributed by atoms with van der Waals surface area (Å²) < 4.78 is 0. The maximum absolute atomic E-state index is 13.1. The van der Waals surface area contributed by atoms with Gasteiger partial charge < -0.3 is 10.4 Å². The number of hydrogen-bond acceptors (Lipinski definition) is 7. The molecule has 0 bridgehead atoms. The number of carbonyl (C=O) groups is 2. The highest BCUT2D eigenvalue weighted by atomic mass is 16.6. The molecule has 1 heterocycles. The highest BCUT2D eigenvalue weighted by Gasteiger charge is 2.31. The zero-order chi connectivity index (χ0) is 24.1. The summed E-state index contributed by atoms with van der Waals surface area (Å²) in [6.45, 7) is -0.249. The first-order valence-corrected chi connectivity index (χ1v) is 10.2. The Kier molecular flexibility index (Phi) is 6.42. The molecule has 1 aliphatic rings. The first-order valence-electron chi connectivity index (χ1n) is 10.2. The number of carbonyl (C=O) groups excluding carboxylic acids is 2. The number of hydrazine groups is 1. The van der Waals surface area contributed by atoms with Crippen LogP contribution >= 0.6 is 0 Å². The van der Waals surface area contributed by atoms with Crippen molar-refractivity contribution < 1.29 is 19.6 Å². The molecule has 0 radical (unpaired) electrons. The Labute approximate surface area is 194 Å². The monoisotopic (exact) mass is 457 g/mol. The van der Waals surface area contributed by atoms with Gasteiger partial charge in [0, 0.05) is 23.4 Å². The van der Waals surface area contributed by atoms with E-state index in [1.54, 1.807) is 30.3 Å². The number of aliphatic imine (C=N–C) groups is 1. The predicted molar refractivity (Wildman–Crippen MR) is 126 cm³/mol. The molecule has 3 N–H and O–H groups in total. The van der Waals surface area contributed by atoms with Gasteiger partial charge in [-0.25, -0.2) is 15.4 Å². The molecule has 3 aromatic rings. The molecule has 0 aliphatic carbocycles. The van der Waals surface area contributed by atoms with Crippen LogP contribution in [0.3, 0.4) is 0 Å². The summed E-state index contributed by atoms with van der Waals surface area (Å²) in [6.07, 6.45) is 1.59. The Morgan fingerprint density at radius 2 is 1.71 bits per heavy atom. The third-order valence-electron chi connectivity index (χ3n) is 4.85. The van der Waals surface area contributed by atoms with Crippen molar-refractivity contribution in [1.29, 1.82) is 0 Å². The minimum Gasteiger partial charge on any atom is -0.508 e. The molecule has 34 heavy (non-hydrogen) atoms. The molecule has 0 atom stereocenters. The van der Waals surface area contributed by atoms with Crippen LogP contribution in [0.1, 0.15) is 11.1 Å². The number of amides is 2. The number of nitrogens with one attached hydrogen (secondary N) is 2. The van der Waals surface area contributed by atoms with E-state index < -0.39 is 16.7 Å². The first kappa shape index (κ1) is 22.4. The molecule has 1 aliphatic heterocycles. The highest BCUT2D eigenvalue weighted by Crippen LogP contribution is 2.22. The number of hydrogen-bond donors (Lipinski definition) is 3. The molecule has 0 unspecified atom stereocenters. The van der Waals surface area contributed by atoms with Crippen LogP contribution in [0.4, 0.5) is 11.4 Å². The molecule has 0 fully saturated rings. The lowest BCUT2D eigenvalue weighted by Crippen LogP contribution is -2.47.